The van der Waals surface area contributed by atoms with Crippen molar-refractivity contribution >= 4 is 15.9 Å². The highest BCUT2D eigenvalue weighted by atomic mass is 79.9. The molecule has 11 heavy (non-hydrogen) atoms. The van der Waals surface area contributed by atoms with Crippen molar-refractivity contribution in [1.29, 1.82) is 0 Å². The van der Waals surface area contributed by atoms with Gasteiger partial charge < -0.3 is 6.15 Å². The normalized spacial score (nSPS) is 26.2. The van der Waals surface area contributed by atoms with Crippen LogP contribution in [0.25, 0.3) is 0 Å². The van der Waals surface area contributed by atoms with E-state index in [0.717, 1.165) is 0 Å². The minimum Gasteiger partial charge on any atom is -0.344 e. The third-order valence-corrected chi connectivity index (χ3v) is 3.08. The minimum absolute atomic E-state index is 0. The smallest absolute Gasteiger partial charge is 0.0655 e. The lowest BCUT2D eigenvalue weighted by atomic mass is 10.1. The summed E-state index contributed by atoms with van der Waals surface area (Å²) in [6.45, 7) is 4.80. The molecule has 0 spiro atoms. The molecule has 1 aliphatic heterocycles. The molecule has 1 unspecified atom stereocenters. The van der Waals surface area contributed by atoms with Gasteiger partial charge in [-0.05, 0) is 38.8 Å². The fraction of sp³-hybridized carbons (Fsp3) is 1.00. The van der Waals surface area contributed by atoms with Gasteiger partial charge in [0, 0.05) is 0 Å². The Labute approximate surface area is 78.1 Å². The molecule has 0 aromatic carbocycles. The van der Waals surface area contributed by atoms with Gasteiger partial charge in [0.2, 0.25) is 0 Å². The molecule has 1 atom stereocenters. The predicted octanol–water partition coefficient (Wildman–Crippen LogP) is 2.77. The second kappa shape index (κ2) is 5.98. The van der Waals surface area contributed by atoms with Gasteiger partial charge >= 0.3 is 0 Å². The van der Waals surface area contributed by atoms with Crippen molar-refractivity contribution in [2.45, 2.75) is 37.6 Å². The van der Waals surface area contributed by atoms with E-state index in [1.54, 1.807) is 0 Å². The fourth-order valence-electron chi connectivity index (χ4n) is 1.49. The molecule has 0 aromatic rings. The van der Waals surface area contributed by atoms with Crippen LogP contribution >= 0.6 is 15.9 Å². The van der Waals surface area contributed by atoms with Gasteiger partial charge in [0.05, 0.1) is 4.95 Å². The van der Waals surface area contributed by atoms with Crippen LogP contribution in [0, 0.1) is 0 Å². The van der Waals surface area contributed by atoms with Gasteiger partial charge in [-0.1, -0.05) is 22.9 Å². The van der Waals surface area contributed by atoms with Crippen LogP contribution in [0.15, 0.2) is 0 Å². The molecular formula is C8H19BrN2. The summed E-state index contributed by atoms with van der Waals surface area (Å²) in [7, 11) is 0. The molecule has 1 fully saturated rings. The van der Waals surface area contributed by atoms with Gasteiger partial charge in [-0.15, -0.1) is 0 Å². The zero-order chi connectivity index (χ0) is 7.40. The summed E-state index contributed by atoms with van der Waals surface area (Å²) in [5.74, 6) is 0. The summed E-state index contributed by atoms with van der Waals surface area (Å²) >= 11 is 3.68. The second-order valence-electron chi connectivity index (χ2n) is 2.97. The first kappa shape index (κ1) is 11.4. The summed E-state index contributed by atoms with van der Waals surface area (Å²) in [4.78, 5) is 3.20. The van der Waals surface area contributed by atoms with E-state index in [1.165, 1.54) is 38.8 Å². The molecule has 2 nitrogen and oxygen atoms in total. The van der Waals surface area contributed by atoms with Crippen molar-refractivity contribution in [3.8, 4) is 0 Å². The topological polar surface area (TPSA) is 38.2 Å². The number of likely N-dealkylation sites (tertiary alicyclic amines) is 1. The lowest BCUT2D eigenvalue weighted by molar-refractivity contribution is 0.211. The van der Waals surface area contributed by atoms with Crippen LogP contribution in [-0.4, -0.2) is 22.9 Å². The molecule has 0 saturated carbocycles. The van der Waals surface area contributed by atoms with E-state index in [1.807, 2.05) is 0 Å². The molecule has 0 bridgehead atoms. The molecule has 1 rings (SSSR count). The SMILES string of the molecule is CCCN1CCCCC1Br.N. The standard InChI is InChI=1S/C8H16BrN.H3N/c1-2-6-10-7-4-3-5-8(10)9;/h8H,2-7H2,1H3;1H3. The largest absolute Gasteiger partial charge is 0.344 e. The lowest BCUT2D eigenvalue weighted by Gasteiger charge is -2.31. The average molecular weight is 223 g/mol. The van der Waals surface area contributed by atoms with Crippen LogP contribution in [0.5, 0.6) is 0 Å². The summed E-state index contributed by atoms with van der Waals surface area (Å²) in [5.41, 5.74) is 0. The Morgan fingerprint density at radius 2 is 2.18 bits per heavy atom. The van der Waals surface area contributed by atoms with E-state index in [-0.39, 0.29) is 6.15 Å². The van der Waals surface area contributed by atoms with Gasteiger partial charge in [-0.3, -0.25) is 4.90 Å². The molecule has 68 valence electrons. The molecule has 0 amide bonds. The van der Waals surface area contributed by atoms with Crippen LogP contribution < -0.4 is 6.15 Å². The van der Waals surface area contributed by atoms with Crippen molar-refractivity contribution < 1.29 is 0 Å². The Morgan fingerprint density at radius 1 is 1.45 bits per heavy atom. The molecule has 0 aliphatic carbocycles. The van der Waals surface area contributed by atoms with E-state index in [4.69, 9.17) is 0 Å². The van der Waals surface area contributed by atoms with Gasteiger partial charge in [-0.25, -0.2) is 0 Å². The third kappa shape index (κ3) is 3.54. The monoisotopic (exact) mass is 222 g/mol. The maximum atomic E-state index is 3.68. The molecule has 3 N–H and O–H groups in total. The molecular weight excluding hydrogens is 204 g/mol. The molecule has 1 heterocycles. The summed E-state index contributed by atoms with van der Waals surface area (Å²) in [6, 6.07) is 0. The lowest BCUT2D eigenvalue weighted by Crippen LogP contribution is -2.35. The van der Waals surface area contributed by atoms with Crippen LogP contribution in [0.1, 0.15) is 32.6 Å². The van der Waals surface area contributed by atoms with Gasteiger partial charge in [0.25, 0.3) is 0 Å². The molecule has 3 heteroatoms. The van der Waals surface area contributed by atoms with Crippen molar-refractivity contribution in [2.75, 3.05) is 13.1 Å². The number of nitrogens with zero attached hydrogens (tertiary/aromatic N) is 1. The third-order valence-electron chi connectivity index (χ3n) is 2.04. The summed E-state index contributed by atoms with van der Waals surface area (Å²) < 4.78 is 0. The summed E-state index contributed by atoms with van der Waals surface area (Å²) in [5, 5.41) is 0. The highest BCUT2D eigenvalue weighted by Crippen LogP contribution is 2.21. The van der Waals surface area contributed by atoms with Crippen molar-refractivity contribution in [2.24, 2.45) is 0 Å². The van der Waals surface area contributed by atoms with Crippen LogP contribution in [0.2, 0.25) is 0 Å². The molecule has 0 radical (unpaired) electrons. The first-order valence-corrected chi connectivity index (χ1v) is 5.14. The maximum absolute atomic E-state index is 3.68. The Morgan fingerprint density at radius 3 is 2.73 bits per heavy atom. The Balaban J connectivity index is 0.000001000. The zero-order valence-corrected chi connectivity index (χ0v) is 8.94. The van der Waals surface area contributed by atoms with Crippen LogP contribution in [-0.2, 0) is 0 Å². The number of hydrogen-bond acceptors (Lipinski definition) is 2. The number of hydrogen-bond donors (Lipinski definition) is 1. The maximum Gasteiger partial charge on any atom is 0.0655 e. The quantitative estimate of drug-likeness (QED) is 0.577. The van der Waals surface area contributed by atoms with E-state index in [0.29, 0.717) is 4.95 Å². The Kier molecular flexibility index (Phi) is 6.19. The second-order valence-corrected chi connectivity index (χ2v) is 4.02. The van der Waals surface area contributed by atoms with Gasteiger partial charge in [0.15, 0.2) is 0 Å². The predicted molar refractivity (Wildman–Crippen MR) is 53.5 cm³/mol. The molecule has 0 aromatic heterocycles. The van der Waals surface area contributed by atoms with Crippen molar-refractivity contribution in [3.63, 3.8) is 0 Å². The molecule has 1 saturated heterocycles. The van der Waals surface area contributed by atoms with E-state index in [9.17, 15) is 0 Å². The summed E-state index contributed by atoms with van der Waals surface area (Å²) in [6.07, 6.45) is 5.40. The Bertz CT molecular complexity index is 96.1. The average Bonchev–Trinajstić information content (AvgIpc) is 1.94. The highest BCUT2D eigenvalue weighted by Gasteiger charge is 2.17. The van der Waals surface area contributed by atoms with Crippen LogP contribution in [0.3, 0.4) is 0 Å². The minimum atomic E-state index is 0. The Hall–Kier alpha value is 0.400. The van der Waals surface area contributed by atoms with Crippen molar-refractivity contribution in [1.82, 2.24) is 11.1 Å². The number of halogens is 1. The van der Waals surface area contributed by atoms with E-state index >= 15 is 0 Å². The first-order valence-electron chi connectivity index (χ1n) is 4.22. The van der Waals surface area contributed by atoms with Gasteiger partial charge in [-0.2, -0.15) is 0 Å². The van der Waals surface area contributed by atoms with Crippen LogP contribution in [0.4, 0.5) is 0 Å². The molecule has 1 aliphatic rings. The first-order chi connectivity index (χ1) is 4.84. The number of alkyl halides is 1. The zero-order valence-electron chi connectivity index (χ0n) is 7.35. The highest BCUT2D eigenvalue weighted by molar-refractivity contribution is 9.09. The fourth-order valence-corrected chi connectivity index (χ4v) is 2.22. The number of rotatable bonds is 2. The van der Waals surface area contributed by atoms with E-state index < -0.39 is 0 Å². The van der Waals surface area contributed by atoms with E-state index in [2.05, 4.69) is 27.8 Å². The van der Waals surface area contributed by atoms with Crippen molar-refractivity contribution in [3.05, 3.63) is 0 Å². The number of piperidine rings is 1. The van der Waals surface area contributed by atoms with Gasteiger partial charge in [0.1, 0.15) is 0 Å².